The number of benzene rings is 2. The van der Waals surface area contributed by atoms with Crippen LogP contribution in [-0.4, -0.2) is 0 Å². The lowest BCUT2D eigenvalue weighted by Crippen LogP contribution is -2.13. The van der Waals surface area contributed by atoms with Gasteiger partial charge in [0.15, 0.2) is 0 Å². The van der Waals surface area contributed by atoms with Gasteiger partial charge in [-0.1, -0.05) is 77.9 Å². The second kappa shape index (κ2) is 6.32. The number of rotatable bonds is 2. The zero-order chi connectivity index (χ0) is 18.6. The molecule has 2 aromatic rings. The summed E-state index contributed by atoms with van der Waals surface area (Å²) in [5, 5.41) is 0.0374. The van der Waals surface area contributed by atoms with Crippen LogP contribution in [0.25, 0.3) is 11.1 Å². The molecule has 0 saturated heterocycles. The van der Waals surface area contributed by atoms with E-state index in [9.17, 15) is 0 Å². The van der Waals surface area contributed by atoms with Gasteiger partial charge in [0.1, 0.15) is 0 Å². The molecule has 0 aliphatic heterocycles. The van der Waals surface area contributed by atoms with Crippen molar-refractivity contribution in [2.24, 2.45) is 10.8 Å². The first-order valence-electron chi connectivity index (χ1n) is 9.02. The standard InChI is InChI=1S/C23H28Cl2/c1-22(2,3)20(24)14-7-9-18-16(11-14)13-17-12-15(8-10-19(17)18)21(25)23(4,5)6/h7-12,20-21H,13H2,1-6H3. The maximum atomic E-state index is 6.69. The average molecular weight is 375 g/mol. The Bertz CT molecular complexity index is 723. The molecule has 1 aliphatic carbocycles. The molecule has 134 valence electrons. The molecular weight excluding hydrogens is 347 g/mol. The normalized spacial score (nSPS) is 16.3. The van der Waals surface area contributed by atoms with Crippen LogP contribution < -0.4 is 0 Å². The largest absolute Gasteiger partial charge is 0.117 e. The van der Waals surface area contributed by atoms with E-state index in [-0.39, 0.29) is 21.6 Å². The zero-order valence-electron chi connectivity index (χ0n) is 16.1. The summed E-state index contributed by atoms with van der Waals surface area (Å²) in [5.41, 5.74) is 7.95. The van der Waals surface area contributed by atoms with Gasteiger partial charge in [0.05, 0.1) is 10.8 Å². The summed E-state index contributed by atoms with van der Waals surface area (Å²) in [6.45, 7) is 13.1. The molecule has 1 aliphatic rings. The monoisotopic (exact) mass is 374 g/mol. The average Bonchev–Trinajstić information content (AvgIpc) is 2.88. The SMILES string of the molecule is CC(C)(C)C(Cl)c1ccc2c(c1)Cc1cc(C(Cl)C(C)(C)C)ccc1-2. The number of alkyl halides is 2. The second-order valence-electron chi connectivity index (χ2n) is 9.47. The van der Waals surface area contributed by atoms with Crippen LogP contribution in [0.3, 0.4) is 0 Å². The summed E-state index contributed by atoms with van der Waals surface area (Å²) in [4.78, 5) is 0. The van der Waals surface area contributed by atoms with Crippen molar-refractivity contribution in [1.82, 2.24) is 0 Å². The van der Waals surface area contributed by atoms with E-state index in [0.29, 0.717) is 0 Å². The molecule has 25 heavy (non-hydrogen) atoms. The molecular formula is C23H28Cl2. The molecule has 0 N–H and O–H groups in total. The van der Waals surface area contributed by atoms with E-state index in [0.717, 1.165) is 6.42 Å². The van der Waals surface area contributed by atoms with Gasteiger partial charge in [-0.05, 0) is 50.6 Å². The molecule has 0 heterocycles. The molecule has 3 rings (SSSR count). The van der Waals surface area contributed by atoms with E-state index in [1.807, 2.05) is 0 Å². The molecule has 0 amide bonds. The predicted octanol–water partition coefficient (Wildman–Crippen LogP) is 7.91. The van der Waals surface area contributed by atoms with Gasteiger partial charge in [0.25, 0.3) is 0 Å². The van der Waals surface area contributed by atoms with E-state index in [4.69, 9.17) is 23.2 Å². The van der Waals surface area contributed by atoms with Crippen LogP contribution in [0.2, 0.25) is 0 Å². The van der Waals surface area contributed by atoms with Crippen LogP contribution in [0.4, 0.5) is 0 Å². The van der Waals surface area contributed by atoms with E-state index in [2.05, 4.69) is 77.9 Å². The highest BCUT2D eigenvalue weighted by Gasteiger charge is 2.28. The van der Waals surface area contributed by atoms with Gasteiger partial charge in [-0.25, -0.2) is 0 Å². The third kappa shape index (κ3) is 3.62. The minimum absolute atomic E-state index is 0.0187. The quantitative estimate of drug-likeness (QED) is 0.399. The zero-order valence-corrected chi connectivity index (χ0v) is 17.6. The van der Waals surface area contributed by atoms with Crippen molar-refractivity contribution in [3.8, 4) is 11.1 Å². The van der Waals surface area contributed by atoms with Crippen LogP contribution in [0.1, 0.15) is 74.6 Å². The highest BCUT2D eigenvalue weighted by atomic mass is 35.5. The molecule has 0 saturated carbocycles. The summed E-state index contributed by atoms with van der Waals surface area (Å²) in [6.07, 6.45) is 0.966. The lowest BCUT2D eigenvalue weighted by atomic mass is 9.86. The molecule has 2 aromatic carbocycles. The number of hydrogen-bond donors (Lipinski definition) is 0. The molecule has 0 spiro atoms. The highest BCUT2D eigenvalue weighted by molar-refractivity contribution is 6.21. The van der Waals surface area contributed by atoms with Crippen molar-refractivity contribution in [2.45, 2.75) is 58.7 Å². The smallest absolute Gasteiger partial charge is 0.0633 e. The Morgan fingerprint density at radius 1 is 0.680 bits per heavy atom. The number of halogens is 2. The maximum absolute atomic E-state index is 6.69. The Hall–Kier alpha value is -0.980. The Balaban J connectivity index is 1.95. The fourth-order valence-electron chi connectivity index (χ4n) is 3.57. The van der Waals surface area contributed by atoms with Crippen molar-refractivity contribution >= 4 is 23.2 Å². The lowest BCUT2D eigenvalue weighted by Gasteiger charge is -2.26. The molecule has 0 aromatic heterocycles. The third-order valence-electron chi connectivity index (χ3n) is 5.04. The van der Waals surface area contributed by atoms with Gasteiger partial charge in [-0.15, -0.1) is 23.2 Å². The molecule has 0 fully saturated rings. The van der Waals surface area contributed by atoms with Crippen LogP contribution in [0.15, 0.2) is 36.4 Å². The number of hydrogen-bond acceptors (Lipinski definition) is 0. The van der Waals surface area contributed by atoms with Crippen molar-refractivity contribution in [2.75, 3.05) is 0 Å². The van der Waals surface area contributed by atoms with Gasteiger partial charge in [0, 0.05) is 0 Å². The van der Waals surface area contributed by atoms with Crippen molar-refractivity contribution in [3.05, 3.63) is 58.7 Å². The molecule has 0 bridgehead atoms. The Morgan fingerprint density at radius 2 is 1.04 bits per heavy atom. The lowest BCUT2D eigenvalue weighted by molar-refractivity contribution is 0.395. The minimum Gasteiger partial charge on any atom is -0.117 e. The van der Waals surface area contributed by atoms with E-state index in [1.54, 1.807) is 0 Å². The molecule has 2 atom stereocenters. The Labute approximate surface area is 162 Å². The molecule has 2 unspecified atom stereocenters. The van der Waals surface area contributed by atoms with Gasteiger partial charge in [-0.3, -0.25) is 0 Å². The fourth-order valence-corrected chi connectivity index (χ4v) is 3.84. The van der Waals surface area contributed by atoms with Gasteiger partial charge < -0.3 is 0 Å². The minimum atomic E-state index is 0.0187. The van der Waals surface area contributed by atoms with Gasteiger partial charge in [0.2, 0.25) is 0 Å². The Morgan fingerprint density at radius 3 is 1.36 bits per heavy atom. The second-order valence-corrected chi connectivity index (χ2v) is 10.3. The van der Waals surface area contributed by atoms with Gasteiger partial charge in [-0.2, -0.15) is 0 Å². The van der Waals surface area contributed by atoms with Crippen LogP contribution >= 0.6 is 23.2 Å². The summed E-state index contributed by atoms with van der Waals surface area (Å²) in [5.74, 6) is 0. The number of fused-ring (bicyclic) bond motifs is 3. The predicted molar refractivity (Wildman–Crippen MR) is 111 cm³/mol. The van der Waals surface area contributed by atoms with Crippen LogP contribution in [0, 0.1) is 10.8 Å². The molecule has 0 nitrogen and oxygen atoms in total. The van der Waals surface area contributed by atoms with Gasteiger partial charge >= 0.3 is 0 Å². The highest BCUT2D eigenvalue weighted by Crippen LogP contribution is 2.45. The van der Waals surface area contributed by atoms with Crippen LogP contribution in [0.5, 0.6) is 0 Å². The van der Waals surface area contributed by atoms with E-state index >= 15 is 0 Å². The first-order chi connectivity index (χ1) is 11.5. The first kappa shape index (κ1) is 18.8. The van der Waals surface area contributed by atoms with E-state index < -0.39 is 0 Å². The van der Waals surface area contributed by atoms with Crippen molar-refractivity contribution in [1.29, 1.82) is 0 Å². The molecule has 0 radical (unpaired) electrons. The van der Waals surface area contributed by atoms with Crippen molar-refractivity contribution in [3.63, 3.8) is 0 Å². The van der Waals surface area contributed by atoms with Crippen LogP contribution in [-0.2, 0) is 6.42 Å². The first-order valence-corrected chi connectivity index (χ1v) is 9.90. The summed E-state index contributed by atoms with van der Waals surface area (Å²) in [7, 11) is 0. The fraction of sp³-hybridized carbons (Fsp3) is 0.478. The van der Waals surface area contributed by atoms with E-state index in [1.165, 1.54) is 33.4 Å². The molecule has 2 heteroatoms. The summed E-state index contributed by atoms with van der Waals surface area (Å²) >= 11 is 13.4. The van der Waals surface area contributed by atoms with Crippen molar-refractivity contribution < 1.29 is 0 Å². The summed E-state index contributed by atoms with van der Waals surface area (Å²) < 4.78 is 0. The third-order valence-corrected chi connectivity index (χ3v) is 6.85. The summed E-state index contributed by atoms with van der Waals surface area (Å²) in [6, 6.07) is 13.4. The topological polar surface area (TPSA) is 0 Å². The Kier molecular flexibility index (Phi) is 4.75. The maximum Gasteiger partial charge on any atom is 0.0633 e.